The molecular weight excluding hydrogens is 370 g/mol. The molecule has 2 aromatic carbocycles. The van der Waals surface area contributed by atoms with Crippen LogP contribution in [-0.2, 0) is 6.54 Å². The zero-order chi connectivity index (χ0) is 18.0. The third-order valence-corrected chi connectivity index (χ3v) is 4.07. The van der Waals surface area contributed by atoms with Crippen LogP contribution < -0.4 is 10.3 Å². The Balaban J connectivity index is 1.72. The zero-order valence-electron chi connectivity index (χ0n) is 12.8. The summed E-state index contributed by atoms with van der Waals surface area (Å²) in [5, 5.41) is 11.2. The molecule has 0 spiro atoms. The summed E-state index contributed by atoms with van der Waals surface area (Å²) in [6.07, 6.45) is 0.284. The van der Waals surface area contributed by atoms with Crippen molar-refractivity contribution < 1.29 is 14.2 Å². The molecule has 1 heterocycles. The van der Waals surface area contributed by atoms with Crippen LogP contribution in [0, 0.1) is 5.82 Å². The van der Waals surface area contributed by atoms with E-state index in [9.17, 15) is 14.3 Å². The first-order valence-corrected chi connectivity index (χ1v) is 8.10. The molecule has 0 saturated heterocycles. The lowest BCUT2D eigenvalue weighted by atomic mass is 10.2. The van der Waals surface area contributed by atoms with Gasteiger partial charge in [0, 0.05) is 17.2 Å². The van der Waals surface area contributed by atoms with Gasteiger partial charge in [-0.05, 0) is 24.3 Å². The molecule has 0 saturated carbocycles. The molecule has 5 nitrogen and oxygen atoms in total. The molecule has 25 heavy (non-hydrogen) atoms. The molecule has 130 valence electrons. The predicted molar refractivity (Wildman–Crippen MR) is 93.9 cm³/mol. The molecule has 3 aromatic rings. The quantitative estimate of drug-likeness (QED) is 0.735. The Kier molecular flexibility index (Phi) is 5.22. The first-order chi connectivity index (χ1) is 11.9. The number of ether oxygens (including phenoxy) is 1. The van der Waals surface area contributed by atoms with Gasteiger partial charge in [-0.3, -0.25) is 9.36 Å². The van der Waals surface area contributed by atoms with E-state index in [0.29, 0.717) is 15.8 Å². The number of benzene rings is 2. The van der Waals surface area contributed by atoms with Crippen LogP contribution >= 0.6 is 23.2 Å². The number of fused-ring (bicyclic) bond motifs is 1. The molecule has 0 radical (unpaired) electrons. The molecule has 0 amide bonds. The summed E-state index contributed by atoms with van der Waals surface area (Å²) in [6, 6.07) is 8.48. The van der Waals surface area contributed by atoms with Gasteiger partial charge in [-0.15, -0.1) is 0 Å². The van der Waals surface area contributed by atoms with Crippen molar-refractivity contribution in [3.05, 3.63) is 68.9 Å². The first-order valence-electron chi connectivity index (χ1n) is 7.34. The smallest absolute Gasteiger partial charge is 0.261 e. The Morgan fingerprint density at radius 3 is 2.84 bits per heavy atom. The maximum Gasteiger partial charge on any atom is 0.261 e. The van der Waals surface area contributed by atoms with Crippen molar-refractivity contribution in [3.63, 3.8) is 0 Å². The van der Waals surface area contributed by atoms with Crippen LogP contribution in [0.2, 0.25) is 10.0 Å². The van der Waals surface area contributed by atoms with Gasteiger partial charge in [-0.1, -0.05) is 23.2 Å². The number of hydrogen-bond acceptors (Lipinski definition) is 4. The molecule has 0 aliphatic rings. The van der Waals surface area contributed by atoms with Gasteiger partial charge in [0.25, 0.3) is 5.56 Å². The van der Waals surface area contributed by atoms with E-state index >= 15 is 0 Å². The number of aliphatic hydroxyl groups excluding tert-OH is 1. The maximum atomic E-state index is 13.2. The Hall–Kier alpha value is -2.15. The van der Waals surface area contributed by atoms with Gasteiger partial charge in [-0.25, -0.2) is 9.37 Å². The van der Waals surface area contributed by atoms with Crippen molar-refractivity contribution in [1.29, 1.82) is 0 Å². The largest absolute Gasteiger partial charge is 0.489 e. The molecule has 0 aliphatic carbocycles. The van der Waals surface area contributed by atoms with Gasteiger partial charge < -0.3 is 9.84 Å². The molecular formula is C17H13Cl2FN2O3. The van der Waals surface area contributed by atoms with Gasteiger partial charge in [-0.2, -0.15) is 0 Å². The molecule has 1 aromatic heterocycles. The van der Waals surface area contributed by atoms with Crippen molar-refractivity contribution >= 4 is 34.1 Å². The number of rotatable bonds is 5. The summed E-state index contributed by atoms with van der Waals surface area (Å²) < 4.78 is 19.9. The number of nitrogens with zero attached hydrogens (tertiary/aromatic N) is 2. The SMILES string of the molecule is O=c1c2ccc(F)cc2ncn1CC(O)COc1cc(Cl)ccc1Cl. The highest BCUT2D eigenvalue weighted by molar-refractivity contribution is 6.34. The van der Waals surface area contributed by atoms with Crippen LogP contribution in [0.15, 0.2) is 47.5 Å². The van der Waals surface area contributed by atoms with Crippen molar-refractivity contribution in [2.24, 2.45) is 0 Å². The highest BCUT2D eigenvalue weighted by atomic mass is 35.5. The van der Waals surface area contributed by atoms with E-state index in [1.165, 1.54) is 35.2 Å². The van der Waals surface area contributed by atoms with E-state index in [-0.39, 0.29) is 29.6 Å². The van der Waals surface area contributed by atoms with Crippen LogP contribution in [-0.4, -0.2) is 27.4 Å². The predicted octanol–water partition coefficient (Wildman–Crippen LogP) is 3.28. The lowest BCUT2D eigenvalue weighted by Crippen LogP contribution is -2.30. The highest BCUT2D eigenvalue weighted by Gasteiger charge is 2.12. The molecule has 0 bridgehead atoms. The Morgan fingerprint density at radius 1 is 1.24 bits per heavy atom. The van der Waals surface area contributed by atoms with Crippen molar-refractivity contribution in [2.75, 3.05) is 6.61 Å². The van der Waals surface area contributed by atoms with Gasteiger partial charge in [0.1, 0.15) is 24.3 Å². The topological polar surface area (TPSA) is 64.4 Å². The zero-order valence-corrected chi connectivity index (χ0v) is 14.3. The number of aromatic nitrogens is 2. The molecule has 3 rings (SSSR count). The minimum absolute atomic E-state index is 0.0304. The summed E-state index contributed by atoms with van der Waals surface area (Å²) >= 11 is 11.8. The number of halogens is 3. The fraction of sp³-hybridized carbons (Fsp3) is 0.176. The fourth-order valence-electron chi connectivity index (χ4n) is 2.32. The van der Waals surface area contributed by atoms with E-state index < -0.39 is 11.9 Å². The second-order valence-electron chi connectivity index (χ2n) is 5.40. The van der Waals surface area contributed by atoms with Crippen molar-refractivity contribution in [2.45, 2.75) is 12.6 Å². The second-order valence-corrected chi connectivity index (χ2v) is 6.25. The molecule has 0 aliphatic heterocycles. The van der Waals surface area contributed by atoms with Crippen LogP contribution in [0.1, 0.15) is 0 Å². The first kappa shape index (κ1) is 17.7. The van der Waals surface area contributed by atoms with Gasteiger partial charge in [0.2, 0.25) is 0 Å². The summed E-state index contributed by atoms with van der Waals surface area (Å²) in [5.74, 6) is -0.128. The summed E-state index contributed by atoms with van der Waals surface area (Å²) in [7, 11) is 0. The molecule has 1 atom stereocenters. The summed E-state index contributed by atoms with van der Waals surface area (Å²) in [6.45, 7) is -0.120. The second kappa shape index (κ2) is 7.39. The average molecular weight is 383 g/mol. The Morgan fingerprint density at radius 2 is 2.04 bits per heavy atom. The van der Waals surface area contributed by atoms with E-state index in [2.05, 4.69) is 4.98 Å². The summed E-state index contributed by atoms with van der Waals surface area (Å²) in [4.78, 5) is 16.4. The van der Waals surface area contributed by atoms with Crippen molar-refractivity contribution in [1.82, 2.24) is 9.55 Å². The van der Waals surface area contributed by atoms with Crippen LogP contribution in [0.3, 0.4) is 0 Å². The normalized spacial score (nSPS) is 12.3. The van der Waals surface area contributed by atoms with E-state index in [1.54, 1.807) is 12.1 Å². The lowest BCUT2D eigenvalue weighted by molar-refractivity contribution is 0.0915. The monoisotopic (exact) mass is 382 g/mol. The number of hydrogen-bond donors (Lipinski definition) is 1. The maximum absolute atomic E-state index is 13.2. The minimum Gasteiger partial charge on any atom is -0.489 e. The molecule has 0 fully saturated rings. The van der Waals surface area contributed by atoms with Gasteiger partial charge >= 0.3 is 0 Å². The van der Waals surface area contributed by atoms with Crippen LogP contribution in [0.4, 0.5) is 4.39 Å². The third kappa shape index (κ3) is 4.10. The third-order valence-electron chi connectivity index (χ3n) is 3.52. The van der Waals surface area contributed by atoms with Gasteiger partial charge in [0.15, 0.2) is 0 Å². The molecule has 8 heteroatoms. The van der Waals surface area contributed by atoms with E-state index in [0.717, 1.165) is 0 Å². The van der Waals surface area contributed by atoms with Gasteiger partial charge in [0.05, 0.1) is 28.8 Å². The van der Waals surface area contributed by atoms with E-state index in [4.69, 9.17) is 27.9 Å². The Bertz CT molecular complexity index is 978. The van der Waals surface area contributed by atoms with Crippen molar-refractivity contribution in [3.8, 4) is 5.75 Å². The highest BCUT2D eigenvalue weighted by Crippen LogP contribution is 2.27. The average Bonchev–Trinajstić information content (AvgIpc) is 2.58. The Labute approximate surface area is 152 Å². The molecule has 1 N–H and O–H groups in total. The standard InChI is InChI=1S/C17H13Cl2FN2O3/c18-10-1-4-14(19)16(5-10)25-8-12(23)7-22-9-21-15-6-11(20)2-3-13(15)17(22)24/h1-6,9,12,23H,7-8H2. The fourth-order valence-corrected chi connectivity index (χ4v) is 2.65. The lowest BCUT2D eigenvalue weighted by Gasteiger charge is -2.15. The van der Waals surface area contributed by atoms with Crippen LogP contribution in [0.25, 0.3) is 10.9 Å². The summed E-state index contributed by atoms with van der Waals surface area (Å²) in [5.41, 5.74) is -0.109. The van der Waals surface area contributed by atoms with E-state index in [1.807, 2.05) is 0 Å². The van der Waals surface area contributed by atoms with Crippen LogP contribution in [0.5, 0.6) is 5.75 Å². The number of aliphatic hydroxyl groups is 1. The minimum atomic E-state index is -0.979. The molecule has 1 unspecified atom stereocenters.